The molecule has 5 nitrogen and oxygen atoms in total. The molecule has 1 aliphatic heterocycles. The number of carbonyl (C=O) groups is 2. The molecule has 1 aromatic carbocycles. The molecular formula is C12H13N3O2S. The summed E-state index contributed by atoms with van der Waals surface area (Å²) in [6.07, 6.45) is 0. The van der Waals surface area contributed by atoms with E-state index in [0.717, 1.165) is 0 Å². The monoisotopic (exact) mass is 263 g/mol. The first-order valence-corrected chi connectivity index (χ1v) is 5.97. The highest BCUT2D eigenvalue weighted by molar-refractivity contribution is 7.80. The molecule has 1 aliphatic rings. The highest BCUT2D eigenvalue weighted by atomic mass is 32.1. The fourth-order valence-electron chi connectivity index (χ4n) is 1.61. The molecule has 2 N–H and O–H groups in total. The lowest BCUT2D eigenvalue weighted by molar-refractivity contribution is -0.124. The number of benzene rings is 1. The van der Waals surface area contributed by atoms with Gasteiger partial charge in [0.25, 0.3) is 5.91 Å². The Morgan fingerprint density at radius 2 is 2.11 bits per heavy atom. The van der Waals surface area contributed by atoms with E-state index in [9.17, 15) is 9.59 Å². The van der Waals surface area contributed by atoms with Crippen molar-refractivity contribution in [1.82, 2.24) is 15.8 Å². The second kappa shape index (κ2) is 5.14. The standard InChI is InChI=1S/C12H13N3O2S/c1-8-7-15(12(18)13-10(8)16)14-11(17)9-5-3-2-4-6-9/h2-6,8H,7H2,1H3,(H,14,17)(H,13,16,18)/t8-/m1/s1. The van der Waals surface area contributed by atoms with E-state index in [1.807, 2.05) is 6.07 Å². The van der Waals surface area contributed by atoms with Crippen LogP contribution >= 0.6 is 12.2 Å². The highest BCUT2D eigenvalue weighted by Gasteiger charge is 2.27. The predicted octanol–water partition coefficient (Wildman–Crippen LogP) is 0.684. The Hall–Kier alpha value is -1.95. The molecule has 18 heavy (non-hydrogen) atoms. The summed E-state index contributed by atoms with van der Waals surface area (Å²) >= 11 is 5.00. The molecule has 0 aromatic heterocycles. The van der Waals surface area contributed by atoms with E-state index in [0.29, 0.717) is 12.1 Å². The summed E-state index contributed by atoms with van der Waals surface area (Å²) in [6, 6.07) is 8.83. The van der Waals surface area contributed by atoms with E-state index in [-0.39, 0.29) is 22.8 Å². The summed E-state index contributed by atoms with van der Waals surface area (Å²) in [7, 11) is 0. The third-order valence-corrected chi connectivity index (χ3v) is 2.97. The first-order valence-electron chi connectivity index (χ1n) is 5.56. The number of nitrogens with zero attached hydrogens (tertiary/aromatic N) is 1. The Kier molecular flexibility index (Phi) is 3.57. The smallest absolute Gasteiger partial charge is 0.269 e. The minimum atomic E-state index is -0.249. The summed E-state index contributed by atoms with van der Waals surface area (Å²) in [5.74, 6) is -0.584. The van der Waals surface area contributed by atoms with Crippen LogP contribution in [-0.4, -0.2) is 28.5 Å². The Balaban J connectivity index is 2.04. The Morgan fingerprint density at radius 1 is 1.44 bits per heavy atom. The van der Waals surface area contributed by atoms with Crippen molar-refractivity contribution >= 4 is 29.1 Å². The van der Waals surface area contributed by atoms with Crippen LogP contribution in [0.1, 0.15) is 17.3 Å². The van der Waals surface area contributed by atoms with Gasteiger partial charge in [0, 0.05) is 5.56 Å². The number of amides is 2. The molecule has 1 heterocycles. The number of thiocarbonyl (C=S) groups is 1. The van der Waals surface area contributed by atoms with Crippen molar-refractivity contribution in [3.05, 3.63) is 35.9 Å². The van der Waals surface area contributed by atoms with E-state index in [1.165, 1.54) is 5.01 Å². The minimum Gasteiger partial charge on any atom is -0.301 e. The zero-order valence-electron chi connectivity index (χ0n) is 9.84. The van der Waals surface area contributed by atoms with Crippen molar-refractivity contribution in [3.8, 4) is 0 Å². The van der Waals surface area contributed by atoms with Gasteiger partial charge in [-0.3, -0.25) is 20.0 Å². The zero-order chi connectivity index (χ0) is 13.1. The molecule has 2 amide bonds. The molecule has 0 spiro atoms. The summed E-state index contributed by atoms with van der Waals surface area (Å²) < 4.78 is 0. The predicted molar refractivity (Wildman–Crippen MR) is 70.5 cm³/mol. The van der Waals surface area contributed by atoms with Crippen LogP contribution in [0.25, 0.3) is 0 Å². The number of rotatable bonds is 2. The maximum absolute atomic E-state index is 11.9. The number of hydrogen-bond acceptors (Lipinski definition) is 3. The van der Waals surface area contributed by atoms with Gasteiger partial charge in [-0.05, 0) is 24.4 Å². The molecule has 1 atom stereocenters. The van der Waals surface area contributed by atoms with Crippen LogP contribution in [0, 0.1) is 5.92 Å². The fourth-order valence-corrected chi connectivity index (χ4v) is 1.83. The minimum absolute atomic E-state index is 0.120. The van der Waals surface area contributed by atoms with Crippen molar-refractivity contribution in [2.75, 3.05) is 6.54 Å². The molecule has 0 saturated carbocycles. The van der Waals surface area contributed by atoms with Gasteiger partial charge in [-0.15, -0.1) is 0 Å². The molecule has 1 saturated heterocycles. The first-order chi connectivity index (χ1) is 8.58. The average Bonchev–Trinajstić information content (AvgIpc) is 2.37. The van der Waals surface area contributed by atoms with E-state index in [4.69, 9.17) is 12.2 Å². The lowest BCUT2D eigenvalue weighted by Gasteiger charge is -2.32. The van der Waals surface area contributed by atoms with Gasteiger partial charge in [0.1, 0.15) is 0 Å². The molecule has 0 bridgehead atoms. The Bertz CT molecular complexity index is 489. The van der Waals surface area contributed by atoms with Crippen LogP contribution in [0.5, 0.6) is 0 Å². The van der Waals surface area contributed by atoms with E-state index < -0.39 is 0 Å². The Labute approximate surface area is 110 Å². The molecule has 0 unspecified atom stereocenters. The van der Waals surface area contributed by atoms with Gasteiger partial charge in [-0.1, -0.05) is 25.1 Å². The molecule has 0 aliphatic carbocycles. The van der Waals surface area contributed by atoms with Gasteiger partial charge in [-0.2, -0.15) is 0 Å². The maximum Gasteiger partial charge on any atom is 0.269 e. The van der Waals surface area contributed by atoms with Crippen molar-refractivity contribution in [3.63, 3.8) is 0 Å². The normalized spacial score (nSPS) is 19.4. The molecule has 94 valence electrons. The summed E-state index contributed by atoms with van der Waals surface area (Å²) in [5.41, 5.74) is 3.22. The SMILES string of the molecule is C[C@@H]1CN(NC(=O)c2ccccc2)C(=S)NC1=O. The Morgan fingerprint density at radius 3 is 2.78 bits per heavy atom. The second-order valence-corrected chi connectivity index (χ2v) is 4.50. The fraction of sp³-hybridized carbons (Fsp3) is 0.250. The third-order valence-electron chi connectivity index (χ3n) is 2.65. The van der Waals surface area contributed by atoms with E-state index in [1.54, 1.807) is 31.2 Å². The summed E-state index contributed by atoms with van der Waals surface area (Å²) in [6.45, 7) is 2.15. The van der Waals surface area contributed by atoms with Gasteiger partial charge < -0.3 is 5.32 Å². The zero-order valence-corrected chi connectivity index (χ0v) is 10.7. The lowest BCUT2D eigenvalue weighted by atomic mass is 10.1. The van der Waals surface area contributed by atoms with Gasteiger partial charge in [-0.25, -0.2) is 0 Å². The van der Waals surface area contributed by atoms with Crippen molar-refractivity contribution in [1.29, 1.82) is 0 Å². The van der Waals surface area contributed by atoms with Gasteiger partial charge >= 0.3 is 0 Å². The molecular weight excluding hydrogens is 250 g/mol. The van der Waals surface area contributed by atoms with Gasteiger partial charge in [0.05, 0.1) is 12.5 Å². The van der Waals surface area contributed by atoms with Crippen molar-refractivity contribution in [2.45, 2.75) is 6.92 Å². The molecule has 2 rings (SSSR count). The molecule has 6 heteroatoms. The third kappa shape index (κ3) is 2.65. The second-order valence-electron chi connectivity index (χ2n) is 4.11. The van der Waals surface area contributed by atoms with Crippen LogP contribution in [0.15, 0.2) is 30.3 Å². The van der Waals surface area contributed by atoms with Gasteiger partial charge in [0.15, 0.2) is 5.11 Å². The van der Waals surface area contributed by atoms with E-state index in [2.05, 4.69) is 10.7 Å². The highest BCUT2D eigenvalue weighted by Crippen LogP contribution is 2.06. The summed E-state index contributed by atoms with van der Waals surface area (Å²) in [4.78, 5) is 23.3. The van der Waals surface area contributed by atoms with Crippen LogP contribution in [-0.2, 0) is 4.79 Å². The van der Waals surface area contributed by atoms with E-state index >= 15 is 0 Å². The van der Waals surface area contributed by atoms with Crippen molar-refractivity contribution < 1.29 is 9.59 Å². The average molecular weight is 263 g/mol. The maximum atomic E-state index is 11.9. The van der Waals surface area contributed by atoms with Gasteiger partial charge in [0.2, 0.25) is 5.91 Å². The first kappa shape index (κ1) is 12.5. The van der Waals surface area contributed by atoms with Crippen LogP contribution < -0.4 is 10.7 Å². The lowest BCUT2D eigenvalue weighted by Crippen LogP contribution is -2.59. The van der Waals surface area contributed by atoms with Crippen LogP contribution in [0.3, 0.4) is 0 Å². The molecule has 1 aromatic rings. The number of hydrogen-bond donors (Lipinski definition) is 2. The number of nitrogens with one attached hydrogen (secondary N) is 2. The molecule has 1 fully saturated rings. The largest absolute Gasteiger partial charge is 0.301 e. The summed E-state index contributed by atoms with van der Waals surface area (Å²) in [5, 5.41) is 4.25. The number of carbonyl (C=O) groups excluding carboxylic acids is 2. The topological polar surface area (TPSA) is 61.4 Å². The quantitative estimate of drug-likeness (QED) is 0.771. The van der Waals surface area contributed by atoms with Crippen LogP contribution in [0.2, 0.25) is 0 Å². The van der Waals surface area contributed by atoms with Crippen LogP contribution in [0.4, 0.5) is 0 Å². The van der Waals surface area contributed by atoms with Crippen molar-refractivity contribution in [2.24, 2.45) is 5.92 Å². The molecule has 0 radical (unpaired) electrons. The number of hydrazine groups is 1.